The lowest BCUT2D eigenvalue weighted by Gasteiger charge is -2.09. The van der Waals surface area contributed by atoms with E-state index in [0.717, 1.165) is 22.7 Å². The van der Waals surface area contributed by atoms with E-state index >= 15 is 0 Å². The average Bonchev–Trinajstić information content (AvgIpc) is 3.00. The summed E-state index contributed by atoms with van der Waals surface area (Å²) in [7, 11) is 0. The van der Waals surface area contributed by atoms with Gasteiger partial charge in [-0.1, -0.05) is 5.21 Å². The minimum absolute atomic E-state index is 0.254. The third kappa shape index (κ3) is 3.07. The quantitative estimate of drug-likeness (QED) is 0.786. The molecular formula is C17H17FN4O. The molecule has 0 unspecified atom stereocenters. The van der Waals surface area contributed by atoms with Crippen LogP contribution in [0.15, 0.2) is 48.5 Å². The largest absolute Gasteiger partial charge is 0.494 e. The van der Waals surface area contributed by atoms with Crippen molar-refractivity contribution in [3.63, 3.8) is 0 Å². The van der Waals surface area contributed by atoms with Crippen molar-refractivity contribution in [1.82, 2.24) is 15.0 Å². The highest BCUT2D eigenvalue weighted by atomic mass is 19.1. The number of rotatable bonds is 5. The van der Waals surface area contributed by atoms with Crippen molar-refractivity contribution < 1.29 is 9.13 Å². The number of aromatic nitrogens is 3. The van der Waals surface area contributed by atoms with Crippen molar-refractivity contribution >= 4 is 0 Å². The summed E-state index contributed by atoms with van der Waals surface area (Å²) in [5.41, 5.74) is 8.83. The van der Waals surface area contributed by atoms with E-state index in [-0.39, 0.29) is 12.4 Å². The highest BCUT2D eigenvalue weighted by Gasteiger charge is 2.15. The van der Waals surface area contributed by atoms with Gasteiger partial charge in [0.1, 0.15) is 17.3 Å². The lowest BCUT2D eigenvalue weighted by molar-refractivity contribution is 0.340. The molecule has 0 spiro atoms. The fraction of sp³-hybridized carbons (Fsp3) is 0.176. The predicted octanol–water partition coefficient (Wildman–Crippen LogP) is 2.93. The molecule has 3 aromatic rings. The molecule has 3 rings (SSSR count). The molecule has 0 bridgehead atoms. The van der Waals surface area contributed by atoms with Gasteiger partial charge >= 0.3 is 0 Å². The Morgan fingerprint density at radius 3 is 2.39 bits per heavy atom. The maximum absolute atomic E-state index is 13.2. The smallest absolute Gasteiger partial charge is 0.123 e. The van der Waals surface area contributed by atoms with E-state index in [1.807, 2.05) is 31.2 Å². The first kappa shape index (κ1) is 15.2. The maximum Gasteiger partial charge on any atom is 0.123 e. The van der Waals surface area contributed by atoms with Crippen molar-refractivity contribution in [1.29, 1.82) is 0 Å². The van der Waals surface area contributed by atoms with E-state index in [2.05, 4.69) is 10.3 Å². The number of hydrogen-bond acceptors (Lipinski definition) is 4. The molecule has 0 fully saturated rings. The molecule has 0 atom stereocenters. The van der Waals surface area contributed by atoms with Crippen LogP contribution in [-0.2, 0) is 6.54 Å². The number of hydrogen-bond donors (Lipinski definition) is 1. The molecule has 0 aliphatic rings. The molecule has 0 aliphatic heterocycles. The Morgan fingerprint density at radius 1 is 1.09 bits per heavy atom. The number of benzene rings is 2. The first-order chi connectivity index (χ1) is 11.2. The molecule has 5 nitrogen and oxygen atoms in total. The van der Waals surface area contributed by atoms with Gasteiger partial charge in [-0.25, -0.2) is 9.07 Å². The van der Waals surface area contributed by atoms with Crippen LogP contribution in [0, 0.1) is 5.82 Å². The van der Waals surface area contributed by atoms with Crippen molar-refractivity contribution in [3.8, 4) is 22.7 Å². The maximum atomic E-state index is 13.2. The van der Waals surface area contributed by atoms with Crippen LogP contribution in [0.4, 0.5) is 4.39 Å². The van der Waals surface area contributed by atoms with Crippen molar-refractivity contribution in [2.75, 3.05) is 6.61 Å². The normalized spacial score (nSPS) is 10.7. The van der Waals surface area contributed by atoms with Gasteiger partial charge in [0.15, 0.2) is 0 Å². The Labute approximate surface area is 133 Å². The minimum atomic E-state index is -0.289. The number of halogens is 1. The third-order valence-electron chi connectivity index (χ3n) is 3.44. The van der Waals surface area contributed by atoms with E-state index in [4.69, 9.17) is 10.5 Å². The third-order valence-corrected chi connectivity index (χ3v) is 3.44. The second-order valence-corrected chi connectivity index (χ2v) is 4.93. The Kier molecular flexibility index (Phi) is 4.34. The molecular weight excluding hydrogens is 295 g/mol. The van der Waals surface area contributed by atoms with Gasteiger partial charge in [0.2, 0.25) is 0 Å². The van der Waals surface area contributed by atoms with Crippen molar-refractivity contribution in [2.45, 2.75) is 13.5 Å². The molecule has 23 heavy (non-hydrogen) atoms. The van der Waals surface area contributed by atoms with Gasteiger partial charge < -0.3 is 10.5 Å². The molecule has 1 heterocycles. The van der Waals surface area contributed by atoms with Crippen LogP contribution in [0.5, 0.6) is 5.75 Å². The molecule has 0 saturated carbocycles. The topological polar surface area (TPSA) is 66.0 Å². The van der Waals surface area contributed by atoms with Crippen molar-refractivity contribution in [2.24, 2.45) is 5.73 Å². The fourth-order valence-corrected chi connectivity index (χ4v) is 2.38. The average molecular weight is 312 g/mol. The van der Waals surface area contributed by atoms with Crippen LogP contribution in [-0.4, -0.2) is 21.6 Å². The van der Waals surface area contributed by atoms with Gasteiger partial charge in [0.25, 0.3) is 0 Å². The first-order valence-corrected chi connectivity index (χ1v) is 7.36. The van der Waals surface area contributed by atoms with Gasteiger partial charge in [-0.2, -0.15) is 0 Å². The molecule has 0 aliphatic carbocycles. The Bertz CT molecular complexity index is 781. The summed E-state index contributed by atoms with van der Waals surface area (Å²) in [6, 6.07) is 13.7. The predicted molar refractivity (Wildman–Crippen MR) is 85.8 cm³/mol. The summed E-state index contributed by atoms with van der Waals surface area (Å²) in [4.78, 5) is 0. The number of nitrogens with zero attached hydrogens (tertiary/aromatic N) is 3. The van der Waals surface area contributed by atoms with Crippen LogP contribution in [0.2, 0.25) is 0 Å². The van der Waals surface area contributed by atoms with E-state index in [0.29, 0.717) is 12.3 Å². The van der Waals surface area contributed by atoms with E-state index in [9.17, 15) is 4.39 Å². The second kappa shape index (κ2) is 6.58. The summed E-state index contributed by atoms with van der Waals surface area (Å²) >= 11 is 0. The molecule has 0 saturated heterocycles. The molecule has 6 heteroatoms. The molecule has 118 valence electrons. The van der Waals surface area contributed by atoms with Crippen LogP contribution < -0.4 is 10.5 Å². The van der Waals surface area contributed by atoms with Gasteiger partial charge in [-0.3, -0.25) is 0 Å². The summed E-state index contributed by atoms with van der Waals surface area (Å²) in [6.45, 7) is 2.80. The zero-order valence-electron chi connectivity index (χ0n) is 12.7. The van der Waals surface area contributed by atoms with Gasteiger partial charge in [0, 0.05) is 12.1 Å². The van der Waals surface area contributed by atoms with Crippen LogP contribution in [0.1, 0.15) is 12.6 Å². The Morgan fingerprint density at radius 2 is 1.78 bits per heavy atom. The highest BCUT2D eigenvalue weighted by Crippen LogP contribution is 2.26. The zero-order valence-corrected chi connectivity index (χ0v) is 12.7. The summed E-state index contributed by atoms with van der Waals surface area (Å²) in [6.07, 6.45) is 0. The van der Waals surface area contributed by atoms with Gasteiger partial charge in [0.05, 0.1) is 18.0 Å². The number of nitrogens with two attached hydrogens (primary N) is 1. The molecule has 2 N–H and O–H groups in total. The lowest BCUT2D eigenvalue weighted by atomic mass is 10.1. The van der Waals surface area contributed by atoms with E-state index in [1.165, 1.54) is 12.1 Å². The van der Waals surface area contributed by atoms with Crippen LogP contribution in [0.3, 0.4) is 0 Å². The lowest BCUT2D eigenvalue weighted by Crippen LogP contribution is -2.03. The monoisotopic (exact) mass is 312 g/mol. The molecule has 2 aromatic carbocycles. The molecule has 0 amide bonds. The van der Waals surface area contributed by atoms with Crippen molar-refractivity contribution in [3.05, 3.63) is 60.0 Å². The molecule has 1 aromatic heterocycles. The van der Waals surface area contributed by atoms with Gasteiger partial charge in [-0.15, -0.1) is 5.10 Å². The second-order valence-electron chi connectivity index (χ2n) is 4.93. The fourth-order valence-electron chi connectivity index (χ4n) is 2.38. The SMILES string of the molecule is CCOc1ccc(-n2nnc(CN)c2-c2ccc(F)cc2)cc1. The van der Waals surface area contributed by atoms with Crippen LogP contribution in [0.25, 0.3) is 16.9 Å². The Hall–Kier alpha value is -2.73. The van der Waals surface area contributed by atoms with Gasteiger partial charge in [-0.05, 0) is 55.5 Å². The highest BCUT2D eigenvalue weighted by molar-refractivity contribution is 5.64. The number of ether oxygens (including phenoxy) is 1. The summed E-state index contributed by atoms with van der Waals surface area (Å²) in [5, 5.41) is 8.32. The summed E-state index contributed by atoms with van der Waals surface area (Å²) in [5.74, 6) is 0.502. The van der Waals surface area contributed by atoms with E-state index in [1.54, 1.807) is 16.8 Å². The molecule has 0 radical (unpaired) electrons. The Balaban J connectivity index is 2.06. The van der Waals surface area contributed by atoms with Crippen LogP contribution >= 0.6 is 0 Å². The van der Waals surface area contributed by atoms with E-state index < -0.39 is 0 Å². The minimum Gasteiger partial charge on any atom is -0.494 e. The zero-order chi connectivity index (χ0) is 16.2. The summed E-state index contributed by atoms with van der Waals surface area (Å²) < 4.78 is 20.3. The first-order valence-electron chi connectivity index (χ1n) is 7.36. The standard InChI is InChI=1S/C17H17FN4O/c1-2-23-15-9-7-14(8-10-15)22-17(16(11-19)20-21-22)12-3-5-13(18)6-4-12/h3-10H,2,11,19H2,1H3.